The lowest BCUT2D eigenvalue weighted by Crippen LogP contribution is -2.27. The van der Waals surface area contributed by atoms with Gasteiger partial charge in [-0.2, -0.15) is 0 Å². The van der Waals surface area contributed by atoms with Crippen LogP contribution in [0.2, 0.25) is 0 Å². The molecule has 0 bridgehead atoms. The van der Waals surface area contributed by atoms with E-state index in [0.717, 1.165) is 11.8 Å². The number of nitrogens with zero attached hydrogens (tertiary/aromatic N) is 1. The molecule has 0 aliphatic rings. The predicted octanol–water partition coefficient (Wildman–Crippen LogP) is 13.2. The van der Waals surface area contributed by atoms with Crippen molar-refractivity contribution in [2.45, 2.75) is 208 Å². The van der Waals surface area contributed by atoms with Crippen molar-refractivity contribution < 1.29 is 0 Å². The molecule has 0 aliphatic heterocycles. The molecule has 0 fully saturated rings. The molecule has 0 saturated carbocycles. The maximum absolute atomic E-state index is 2.84. The summed E-state index contributed by atoms with van der Waals surface area (Å²) in [5.41, 5.74) is 0. The quantitative estimate of drug-likeness (QED) is 0.0774. The molecule has 0 atom stereocenters. The zero-order chi connectivity index (χ0) is 27.9. The van der Waals surface area contributed by atoms with Crippen molar-refractivity contribution in [3.8, 4) is 0 Å². The molecule has 1 nitrogen and oxygen atoms in total. The second-order valence-corrected chi connectivity index (χ2v) is 13.7. The number of unbranched alkanes of at least 4 members (excludes halogenated alkanes) is 22. The highest BCUT2D eigenvalue weighted by Crippen LogP contribution is 2.15. The first-order valence-corrected chi connectivity index (χ1v) is 18.3. The SMILES string of the molecule is CCCCCCCCCCCCCCCN(CCCCCCCCC(C)C)CCCCCCCCC(C)C. The van der Waals surface area contributed by atoms with Crippen molar-refractivity contribution in [1.82, 2.24) is 4.90 Å². The maximum Gasteiger partial charge on any atom is -0.00187 e. The van der Waals surface area contributed by atoms with Crippen LogP contribution in [-0.2, 0) is 0 Å². The van der Waals surface area contributed by atoms with Crippen molar-refractivity contribution in [3.63, 3.8) is 0 Å². The Morgan fingerprint density at radius 1 is 0.316 bits per heavy atom. The topological polar surface area (TPSA) is 3.24 Å². The Bertz CT molecular complexity index is 391. The molecule has 0 saturated heterocycles. The van der Waals surface area contributed by atoms with Crippen molar-refractivity contribution >= 4 is 0 Å². The largest absolute Gasteiger partial charge is 0.303 e. The summed E-state index contributed by atoms with van der Waals surface area (Å²) in [6, 6.07) is 0. The average Bonchev–Trinajstić information content (AvgIpc) is 2.88. The molecule has 0 radical (unpaired) electrons. The molecule has 38 heavy (non-hydrogen) atoms. The van der Waals surface area contributed by atoms with E-state index in [-0.39, 0.29) is 0 Å². The fraction of sp³-hybridized carbons (Fsp3) is 1.00. The van der Waals surface area contributed by atoms with Gasteiger partial charge in [0, 0.05) is 0 Å². The fourth-order valence-corrected chi connectivity index (χ4v) is 5.88. The van der Waals surface area contributed by atoms with Crippen molar-refractivity contribution in [2.24, 2.45) is 11.8 Å². The third-order valence-corrected chi connectivity index (χ3v) is 8.59. The molecule has 0 amide bonds. The van der Waals surface area contributed by atoms with Crippen LogP contribution in [0.3, 0.4) is 0 Å². The zero-order valence-electron chi connectivity index (χ0n) is 27.8. The van der Waals surface area contributed by atoms with Crippen LogP contribution in [0.15, 0.2) is 0 Å². The van der Waals surface area contributed by atoms with Crippen LogP contribution in [0, 0.1) is 11.8 Å². The van der Waals surface area contributed by atoms with Crippen LogP contribution < -0.4 is 0 Å². The van der Waals surface area contributed by atoms with Crippen molar-refractivity contribution in [2.75, 3.05) is 19.6 Å². The second kappa shape index (κ2) is 31.5. The normalized spacial score (nSPS) is 12.0. The Morgan fingerprint density at radius 2 is 0.553 bits per heavy atom. The van der Waals surface area contributed by atoms with Gasteiger partial charge >= 0.3 is 0 Å². The minimum Gasteiger partial charge on any atom is -0.303 e. The monoisotopic (exact) mass is 536 g/mol. The molecule has 1 heteroatoms. The van der Waals surface area contributed by atoms with Crippen molar-refractivity contribution in [1.29, 1.82) is 0 Å². The van der Waals surface area contributed by atoms with E-state index in [4.69, 9.17) is 0 Å². The van der Waals surface area contributed by atoms with Crippen LogP contribution in [0.4, 0.5) is 0 Å². The van der Waals surface area contributed by atoms with E-state index in [1.54, 1.807) is 0 Å². The molecule has 0 aliphatic carbocycles. The van der Waals surface area contributed by atoms with E-state index in [9.17, 15) is 0 Å². The molecular formula is C37H77N. The lowest BCUT2D eigenvalue weighted by atomic mass is 10.0. The third kappa shape index (κ3) is 32.2. The summed E-state index contributed by atoms with van der Waals surface area (Å²) < 4.78 is 0. The summed E-state index contributed by atoms with van der Waals surface area (Å²) in [6.45, 7) is 15.8. The van der Waals surface area contributed by atoms with Gasteiger partial charge in [0.1, 0.15) is 0 Å². The molecule has 0 heterocycles. The van der Waals surface area contributed by atoms with Gasteiger partial charge in [-0.1, -0.05) is 189 Å². The first-order chi connectivity index (χ1) is 18.6. The second-order valence-electron chi connectivity index (χ2n) is 13.7. The molecule has 0 aromatic rings. The van der Waals surface area contributed by atoms with Gasteiger partial charge in [0.05, 0.1) is 0 Å². The Balaban J connectivity index is 3.87. The standard InChI is InChI=1S/C37H77N/c1-6-7-8-9-10-11-12-13-14-15-18-23-28-33-38(34-29-24-19-16-21-26-31-36(2)3)35-30-25-20-17-22-27-32-37(4)5/h36-37H,6-35H2,1-5H3. The summed E-state index contributed by atoms with van der Waals surface area (Å²) >= 11 is 0. The van der Waals surface area contributed by atoms with E-state index in [0.29, 0.717) is 0 Å². The van der Waals surface area contributed by atoms with Gasteiger partial charge in [-0.05, 0) is 50.7 Å². The van der Waals surface area contributed by atoms with Crippen LogP contribution in [0.1, 0.15) is 208 Å². The summed E-state index contributed by atoms with van der Waals surface area (Å²) in [5, 5.41) is 0. The molecule has 0 N–H and O–H groups in total. The van der Waals surface area contributed by atoms with Gasteiger partial charge in [-0.15, -0.1) is 0 Å². The Kier molecular flexibility index (Phi) is 31.5. The van der Waals surface area contributed by atoms with E-state index in [1.807, 2.05) is 0 Å². The lowest BCUT2D eigenvalue weighted by molar-refractivity contribution is 0.254. The van der Waals surface area contributed by atoms with E-state index in [1.165, 1.54) is 193 Å². The number of rotatable bonds is 32. The van der Waals surface area contributed by atoms with Crippen LogP contribution in [0.5, 0.6) is 0 Å². The van der Waals surface area contributed by atoms with Gasteiger partial charge in [0.15, 0.2) is 0 Å². The Hall–Kier alpha value is -0.0400. The summed E-state index contributed by atoms with van der Waals surface area (Å²) in [7, 11) is 0. The summed E-state index contributed by atoms with van der Waals surface area (Å²) in [5.74, 6) is 1.77. The molecular weight excluding hydrogens is 458 g/mol. The number of hydrogen-bond acceptors (Lipinski definition) is 1. The van der Waals surface area contributed by atoms with Crippen LogP contribution >= 0.6 is 0 Å². The fourth-order valence-electron chi connectivity index (χ4n) is 5.88. The van der Waals surface area contributed by atoms with Gasteiger partial charge in [0.2, 0.25) is 0 Å². The minimum absolute atomic E-state index is 0.883. The molecule has 0 unspecified atom stereocenters. The van der Waals surface area contributed by atoms with E-state index < -0.39 is 0 Å². The molecule has 0 spiro atoms. The van der Waals surface area contributed by atoms with Crippen LogP contribution in [-0.4, -0.2) is 24.5 Å². The minimum atomic E-state index is 0.883. The van der Waals surface area contributed by atoms with E-state index >= 15 is 0 Å². The third-order valence-electron chi connectivity index (χ3n) is 8.59. The highest BCUT2D eigenvalue weighted by molar-refractivity contribution is 4.61. The highest BCUT2D eigenvalue weighted by Gasteiger charge is 2.05. The smallest absolute Gasteiger partial charge is 0.00187 e. The Labute approximate surface area is 244 Å². The van der Waals surface area contributed by atoms with Gasteiger partial charge < -0.3 is 4.90 Å². The first-order valence-electron chi connectivity index (χ1n) is 18.3. The van der Waals surface area contributed by atoms with E-state index in [2.05, 4.69) is 39.5 Å². The summed E-state index contributed by atoms with van der Waals surface area (Å²) in [4.78, 5) is 2.84. The average molecular weight is 536 g/mol. The van der Waals surface area contributed by atoms with Gasteiger partial charge in [-0.3, -0.25) is 0 Å². The molecule has 230 valence electrons. The molecule has 0 rings (SSSR count). The van der Waals surface area contributed by atoms with Crippen LogP contribution in [0.25, 0.3) is 0 Å². The van der Waals surface area contributed by atoms with Crippen molar-refractivity contribution in [3.05, 3.63) is 0 Å². The van der Waals surface area contributed by atoms with Gasteiger partial charge in [-0.25, -0.2) is 0 Å². The van der Waals surface area contributed by atoms with Gasteiger partial charge in [0.25, 0.3) is 0 Å². The molecule has 0 aromatic heterocycles. The molecule has 0 aromatic carbocycles. The summed E-state index contributed by atoms with van der Waals surface area (Å²) in [6.07, 6.45) is 39.2. The maximum atomic E-state index is 2.84. The predicted molar refractivity (Wildman–Crippen MR) is 176 cm³/mol. The Morgan fingerprint density at radius 3 is 0.816 bits per heavy atom. The zero-order valence-corrected chi connectivity index (χ0v) is 27.8. The number of hydrogen-bond donors (Lipinski definition) is 0. The first kappa shape index (κ1) is 38.0. The highest BCUT2D eigenvalue weighted by atomic mass is 15.1. The lowest BCUT2D eigenvalue weighted by Gasteiger charge is -2.22.